The highest BCUT2D eigenvalue weighted by molar-refractivity contribution is 7.89. The van der Waals surface area contributed by atoms with Crippen LogP contribution in [0.4, 0.5) is 10.2 Å². The lowest BCUT2D eigenvalue weighted by atomic mass is 10.1. The normalized spacial score (nSPS) is 24.4. The van der Waals surface area contributed by atoms with E-state index in [1.807, 2.05) is 4.90 Å². The van der Waals surface area contributed by atoms with Crippen molar-refractivity contribution in [1.82, 2.24) is 9.29 Å². The number of rotatable bonds is 3. The lowest BCUT2D eigenvalue weighted by molar-refractivity contribution is 0.286. The summed E-state index contributed by atoms with van der Waals surface area (Å²) in [6, 6.07) is 3.10. The number of hydrogen-bond donors (Lipinski definition) is 0. The molecule has 2 fully saturated rings. The summed E-state index contributed by atoms with van der Waals surface area (Å²) in [6.45, 7) is 2.17. The van der Waals surface area contributed by atoms with Gasteiger partial charge in [-0.25, -0.2) is 17.8 Å². The van der Waals surface area contributed by atoms with Crippen molar-refractivity contribution in [1.29, 1.82) is 0 Å². The first-order valence-corrected chi connectivity index (χ1v) is 8.86. The standard InChI is InChI=1S/C14H20FN3O2S/c15-12-4-3-7-17(11-12)14-10-13(5-6-16-14)21(19,20)18-8-1-2-9-18/h5-6,10,12H,1-4,7-9,11H2. The molecule has 0 aliphatic carbocycles. The summed E-state index contributed by atoms with van der Waals surface area (Å²) < 4.78 is 40.1. The van der Waals surface area contributed by atoms with Gasteiger partial charge in [-0.15, -0.1) is 0 Å². The second-order valence-corrected chi connectivity index (χ2v) is 7.58. The van der Waals surface area contributed by atoms with Gasteiger partial charge in [-0.05, 0) is 31.7 Å². The average Bonchev–Trinajstić information content (AvgIpc) is 3.02. The number of aromatic nitrogens is 1. The Labute approximate surface area is 124 Å². The molecule has 0 saturated carbocycles. The first-order valence-electron chi connectivity index (χ1n) is 7.42. The van der Waals surface area contributed by atoms with Crippen molar-refractivity contribution in [2.75, 3.05) is 31.1 Å². The van der Waals surface area contributed by atoms with E-state index in [4.69, 9.17) is 0 Å². The molecule has 0 N–H and O–H groups in total. The van der Waals surface area contributed by atoms with Crippen LogP contribution in [0.5, 0.6) is 0 Å². The van der Waals surface area contributed by atoms with E-state index in [2.05, 4.69) is 4.98 Å². The minimum atomic E-state index is -3.44. The minimum Gasteiger partial charge on any atom is -0.354 e. The van der Waals surface area contributed by atoms with Crippen molar-refractivity contribution in [2.45, 2.75) is 36.8 Å². The largest absolute Gasteiger partial charge is 0.354 e. The quantitative estimate of drug-likeness (QED) is 0.854. The van der Waals surface area contributed by atoms with E-state index in [9.17, 15) is 12.8 Å². The number of anilines is 1. The van der Waals surface area contributed by atoms with Gasteiger partial charge in [0.2, 0.25) is 10.0 Å². The molecule has 1 atom stereocenters. The van der Waals surface area contributed by atoms with Gasteiger partial charge >= 0.3 is 0 Å². The topological polar surface area (TPSA) is 53.5 Å². The van der Waals surface area contributed by atoms with E-state index in [1.54, 1.807) is 6.07 Å². The molecule has 116 valence electrons. The number of hydrogen-bond acceptors (Lipinski definition) is 4. The zero-order chi connectivity index (χ0) is 14.9. The molecule has 2 aliphatic heterocycles. The zero-order valence-corrected chi connectivity index (χ0v) is 12.7. The Morgan fingerprint density at radius 3 is 2.67 bits per heavy atom. The molecule has 0 amide bonds. The van der Waals surface area contributed by atoms with Gasteiger partial charge in [-0.3, -0.25) is 0 Å². The third-order valence-corrected chi connectivity index (χ3v) is 6.00. The van der Waals surface area contributed by atoms with Gasteiger partial charge in [0.1, 0.15) is 12.0 Å². The Bertz CT molecular complexity index is 602. The maximum atomic E-state index is 13.5. The first-order chi connectivity index (χ1) is 10.1. The fourth-order valence-corrected chi connectivity index (χ4v) is 4.47. The van der Waals surface area contributed by atoms with Crippen LogP contribution in [0.1, 0.15) is 25.7 Å². The summed E-state index contributed by atoms with van der Waals surface area (Å²) in [4.78, 5) is 6.30. The maximum Gasteiger partial charge on any atom is 0.243 e. The molecule has 2 aliphatic rings. The van der Waals surface area contributed by atoms with Crippen molar-refractivity contribution in [3.8, 4) is 0 Å². The summed E-state index contributed by atoms with van der Waals surface area (Å²) in [6.07, 6.45) is 3.80. The molecule has 0 aromatic carbocycles. The molecule has 1 unspecified atom stereocenters. The van der Waals surface area contributed by atoms with Gasteiger partial charge in [-0.1, -0.05) is 0 Å². The minimum absolute atomic E-state index is 0.260. The number of pyridine rings is 1. The molecule has 7 heteroatoms. The maximum absolute atomic E-state index is 13.5. The van der Waals surface area contributed by atoms with E-state index < -0.39 is 16.2 Å². The number of alkyl halides is 1. The fraction of sp³-hybridized carbons (Fsp3) is 0.643. The predicted octanol–water partition coefficient (Wildman–Crippen LogP) is 1.80. The molecule has 0 bridgehead atoms. The summed E-state index contributed by atoms with van der Waals surface area (Å²) in [5.74, 6) is 0.553. The zero-order valence-electron chi connectivity index (χ0n) is 11.9. The monoisotopic (exact) mass is 313 g/mol. The predicted molar refractivity (Wildman–Crippen MR) is 78.6 cm³/mol. The van der Waals surface area contributed by atoms with Crippen LogP contribution in [-0.4, -0.2) is 50.1 Å². The summed E-state index contributed by atoms with van der Waals surface area (Å²) >= 11 is 0. The molecule has 0 radical (unpaired) electrons. The number of sulfonamides is 1. The molecule has 0 spiro atoms. The molecular formula is C14H20FN3O2S. The fourth-order valence-electron chi connectivity index (χ4n) is 2.94. The van der Waals surface area contributed by atoms with Crippen molar-refractivity contribution < 1.29 is 12.8 Å². The Kier molecular flexibility index (Phi) is 4.12. The first kappa shape index (κ1) is 14.7. The Balaban J connectivity index is 1.85. The van der Waals surface area contributed by atoms with Gasteiger partial charge < -0.3 is 4.90 Å². The number of nitrogens with zero attached hydrogens (tertiary/aromatic N) is 3. The third kappa shape index (κ3) is 3.03. The van der Waals surface area contributed by atoms with Crippen LogP contribution in [0, 0.1) is 0 Å². The van der Waals surface area contributed by atoms with Crippen LogP contribution in [0.3, 0.4) is 0 Å². The van der Waals surface area contributed by atoms with Gasteiger partial charge in [-0.2, -0.15) is 4.31 Å². The number of halogens is 1. The van der Waals surface area contributed by atoms with Crippen molar-refractivity contribution in [2.24, 2.45) is 0 Å². The van der Waals surface area contributed by atoms with Crippen LogP contribution >= 0.6 is 0 Å². The Morgan fingerprint density at radius 2 is 1.95 bits per heavy atom. The average molecular weight is 313 g/mol. The van der Waals surface area contributed by atoms with E-state index in [0.29, 0.717) is 31.9 Å². The van der Waals surface area contributed by atoms with E-state index in [0.717, 1.165) is 25.8 Å². The molecule has 2 saturated heterocycles. The molecule has 5 nitrogen and oxygen atoms in total. The molecule has 21 heavy (non-hydrogen) atoms. The summed E-state index contributed by atoms with van der Waals surface area (Å²) in [7, 11) is -3.44. The van der Waals surface area contributed by atoms with Crippen LogP contribution < -0.4 is 4.90 Å². The smallest absolute Gasteiger partial charge is 0.243 e. The van der Waals surface area contributed by atoms with E-state index >= 15 is 0 Å². The van der Waals surface area contributed by atoms with Gasteiger partial charge in [0, 0.05) is 31.9 Å². The van der Waals surface area contributed by atoms with Crippen LogP contribution in [0.15, 0.2) is 23.2 Å². The summed E-state index contributed by atoms with van der Waals surface area (Å²) in [5.41, 5.74) is 0. The SMILES string of the molecule is O=S(=O)(c1ccnc(N2CCCC(F)C2)c1)N1CCCC1. The van der Waals surface area contributed by atoms with Crippen molar-refractivity contribution >= 4 is 15.8 Å². The molecular weight excluding hydrogens is 293 g/mol. The van der Waals surface area contributed by atoms with Crippen LogP contribution in [-0.2, 0) is 10.0 Å². The Hall–Kier alpha value is -1.21. The molecule has 1 aromatic rings. The lowest BCUT2D eigenvalue weighted by Crippen LogP contribution is -2.37. The third-order valence-electron chi connectivity index (χ3n) is 4.11. The second-order valence-electron chi connectivity index (χ2n) is 5.65. The highest BCUT2D eigenvalue weighted by Gasteiger charge is 2.28. The lowest BCUT2D eigenvalue weighted by Gasteiger charge is -2.30. The van der Waals surface area contributed by atoms with E-state index in [1.165, 1.54) is 16.6 Å². The van der Waals surface area contributed by atoms with Gasteiger partial charge in [0.25, 0.3) is 0 Å². The molecule has 3 rings (SSSR count). The number of piperidine rings is 1. The van der Waals surface area contributed by atoms with Crippen molar-refractivity contribution in [3.63, 3.8) is 0 Å². The van der Waals surface area contributed by atoms with Crippen LogP contribution in [0.25, 0.3) is 0 Å². The second kappa shape index (κ2) is 5.88. The summed E-state index contributed by atoms with van der Waals surface area (Å²) in [5, 5.41) is 0. The van der Waals surface area contributed by atoms with Gasteiger partial charge in [0.05, 0.1) is 11.4 Å². The highest BCUT2D eigenvalue weighted by Crippen LogP contribution is 2.25. The van der Waals surface area contributed by atoms with Crippen molar-refractivity contribution in [3.05, 3.63) is 18.3 Å². The molecule has 1 aromatic heterocycles. The highest BCUT2D eigenvalue weighted by atomic mass is 32.2. The molecule has 3 heterocycles. The van der Waals surface area contributed by atoms with E-state index in [-0.39, 0.29) is 4.90 Å². The Morgan fingerprint density at radius 1 is 1.19 bits per heavy atom. The van der Waals surface area contributed by atoms with Gasteiger partial charge in [0.15, 0.2) is 0 Å². The van der Waals surface area contributed by atoms with Crippen LogP contribution in [0.2, 0.25) is 0 Å².